The highest BCUT2D eigenvalue weighted by molar-refractivity contribution is 5.94. The molecule has 6 nitrogen and oxygen atoms in total. The van der Waals surface area contributed by atoms with Crippen LogP contribution in [0.2, 0.25) is 0 Å². The number of nitro groups is 1. The monoisotopic (exact) mass is 237 g/mol. The summed E-state index contributed by atoms with van der Waals surface area (Å²) in [5.74, 6) is -2.05. The van der Waals surface area contributed by atoms with Gasteiger partial charge in [-0.1, -0.05) is 0 Å². The number of hydrogen-bond donors (Lipinski definition) is 2. The standard InChI is InChI=1S/C11H11NO5/c13-10-8(12(16)17)5-6-3-1-2-4-7(6)9(10)11(14)15/h5,13H,1-4H2,(H,14,15). The summed E-state index contributed by atoms with van der Waals surface area (Å²) in [6.07, 6.45) is 2.89. The molecule has 0 spiro atoms. The zero-order valence-electron chi connectivity index (χ0n) is 8.97. The second kappa shape index (κ2) is 4.04. The minimum absolute atomic E-state index is 0.311. The van der Waals surface area contributed by atoms with Crippen LogP contribution in [0, 0.1) is 10.1 Å². The number of aromatic carboxylic acids is 1. The molecule has 0 unspecified atom stereocenters. The van der Waals surface area contributed by atoms with Gasteiger partial charge in [0.2, 0.25) is 5.75 Å². The molecule has 1 aliphatic rings. The molecule has 6 heteroatoms. The van der Waals surface area contributed by atoms with Crippen molar-refractivity contribution < 1.29 is 19.9 Å². The summed E-state index contributed by atoms with van der Waals surface area (Å²) in [5, 5.41) is 29.4. The van der Waals surface area contributed by atoms with Crippen molar-refractivity contribution in [3.05, 3.63) is 32.9 Å². The van der Waals surface area contributed by atoms with E-state index in [1.54, 1.807) is 0 Å². The maximum Gasteiger partial charge on any atom is 0.340 e. The van der Waals surface area contributed by atoms with Crippen LogP contribution in [0.5, 0.6) is 5.75 Å². The number of carboxylic acid groups (broad SMARTS) is 1. The molecule has 0 saturated carbocycles. The number of benzene rings is 1. The van der Waals surface area contributed by atoms with Gasteiger partial charge < -0.3 is 10.2 Å². The lowest BCUT2D eigenvalue weighted by molar-refractivity contribution is -0.386. The highest BCUT2D eigenvalue weighted by Gasteiger charge is 2.28. The Kier molecular flexibility index (Phi) is 2.71. The summed E-state index contributed by atoms with van der Waals surface area (Å²) in [6, 6.07) is 1.29. The fourth-order valence-corrected chi connectivity index (χ4v) is 2.25. The predicted octanol–water partition coefficient (Wildman–Crippen LogP) is 1.88. The van der Waals surface area contributed by atoms with Crippen molar-refractivity contribution in [2.45, 2.75) is 25.7 Å². The summed E-state index contributed by atoms with van der Waals surface area (Å²) >= 11 is 0. The first-order valence-electron chi connectivity index (χ1n) is 5.27. The van der Waals surface area contributed by atoms with Crippen molar-refractivity contribution in [2.75, 3.05) is 0 Å². The van der Waals surface area contributed by atoms with Gasteiger partial charge in [-0.15, -0.1) is 0 Å². The molecule has 0 atom stereocenters. The molecule has 0 heterocycles. The van der Waals surface area contributed by atoms with E-state index in [4.69, 9.17) is 5.11 Å². The third-order valence-corrected chi connectivity index (χ3v) is 3.01. The molecule has 2 rings (SSSR count). The number of fused-ring (bicyclic) bond motifs is 1. The number of carboxylic acids is 1. The van der Waals surface area contributed by atoms with Gasteiger partial charge in [0, 0.05) is 6.07 Å². The van der Waals surface area contributed by atoms with Crippen LogP contribution >= 0.6 is 0 Å². The van der Waals surface area contributed by atoms with E-state index in [1.807, 2.05) is 0 Å². The maximum absolute atomic E-state index is 11.1. The highest BCUT2D eigenvalue weighted by atomic mass is 16.6. The molecule has 2 N–H and O–H groups in total. The number of nitro benzene ring substituents is 1. The van der Waals surface area contributed by atoms with E-state index in [1.165, 1.54) is 6.07 Å². The molecule has 1 aliphatic carbocycles. The van der Waals surface area contributed by atoms with Crippen LogP contribution in [0.15, 0.2) is 6.07 Å². The predicted molar refractivity (Wildman–Crippen MR) is 58.4 cm³/mol. The maximum atomic E-state index is 11.1. The lowest BCUT2D eigenvalue weighted by Gasteiger charge is -2.18. The van der Waals surface area contributed by atoms with Gasteiger partial charge >= 0.3 is 11.7 Å². The summed E-state index contributed by atoms with van der Waals surface area (Å²) in [5.41, 5.74) is 0.363. The van der Waals surface area contributed by atoms with Crippen molar-refractivity contribution in [1.82, 2.24) is 0 Å². The van der Waals surface area contributed by atoms with Gasteiger partial charge in [-0.25, -0.2) is 4.79 Å². The average molecular weight is 237 g/mol. The fourth-order valence-electron chi connectivity index (χ4n) is 2.25. The minimum Gasteiger partial charge on any atom is -0.501 e. The second-order valence-corrected chi connectivity index (χ2v) is 4.03. The highest BCUT2D eigenvalue weighted by Crippen LogP contribution is 2.37. The normalized spacial score (nSPS) is 14.1. The smallest absolute Gasteiger partial charge is 0.340 e. The topological polar surface area (TPSA) is 101 Å². The van der Waals surface area contributed by atoms with Gasteiger partial charge in [0.25, 0.3) is 0 Å². The molecule has 90 valence electrons. The van der Waals surface area contributed by atoms with Crippen LogP contribution in [0.1, 0.15) is 34.3 Å². The first kappa shape index (κ1) is 11.4. The van der Waals surface area contributed by atoms with Crippen molar-refractivity contribution in [1.29, 1.82) is 0 Å². The Bertz CT molecular complexity index is 509. The Morgan fingerprint density at radius 1 is 1.35 bits per heavy atom. The number of aryl methyl sites for hydroxylation is 1. The van der Waals surface area contributed by atoms with E-state index in [2.05, 4.69) is 0 Å². The van der Waals surface area contributed by atoms with Gasteiger partial charge in [0.15, 0.2) is 0 Å². The fraction of sp³-hybridized carbons (Fsp3) is 0.364. The second-order valence-electron chi connectivity index (χ2n) is 4.03. The molecular weight excluding hydrogens is 226 g/mol. The zero-order valence-corrected chi connectivity index (χ0v) is 8.97. The SMILES string of the molecule is O=C(O)c1c(O)c([N+](=O)[O-])cc2c1CCCC2. The van der Waals surface area contributed by atoms with Crippen molar-refractivity contribution in [2.24, 2.45) is 0 Å². The molecule has 0 bridgehead atoms. The summed E-state index contributed by atoms with van der Waals surface area (Å²) in [6.45, 7) is 0. The molecule has 0 aromatic heterocycles. The van der Waals surface area contributed by atoms with Gasteiger partial charge in [-0.3, -0.25) is 10.1 Å². The van der Waals surface area contributed by atoms with E-state index < -0.39 is 22.3 Å². The molecule has 0 aliphatic heterocycles. The van der Waals surface area contributed by atoms with Crippen LogP contribution in [-0.4, -0.2) is 21.1 Å². The summed E-state index contributed by atoms with van der Waals surface area (Å²) < 4.78 is 0. The number of nitrogens with zero attached hydrogens (tertiary/aromatic N) is 1. The largest absolute Gasteiger partial charge is 0.501 e. The summed E-state index contributed by atoms with van der Waals surface area (Å²) in [7, 11) is 0. The Labute approximate surface area is 96.7 Å². The molecule has 0 saturated heterocycles. The average Bonchev–Trinajstić information content (AvgIpc) is 2.27. The molecule has 0 amide bonds. The third-order valence-electron chi connectivity index (χ3n) is 3.01. The Morgan fingerprint density at radius 2 is 2.00 bits per heavy atom. The Balaban J connectivity index is 2.73. The Morgan fingerprint density at radius 3 is 2.59 bits per heavy atom. The molecular formula is C11H11NO5. The molecule has 1 aromatic rings. The van der Waals surface area contributed by atoms with Crippen molar-refractivity contribution in [3.63, 3.8) is 0 Å². The zero-order chi connectivity index (χ0) is 12.6. The van der Waals surface area contributed by atoms with Gasteiger partial charge in [0.05, 0.1) is 4.92 Å². The van der Waals surface area contributed by atoms with Gasteiger partial charge in [0.1, 0.15) is 5.56 Å². The first-order valence-corrected chi connectivity index (χ1v) is 5.27. The summed E-state index contributed by atoms with van der Waals surface area (Å²) in [4.78, 5) is 21.1. The first-order chi connectivity index (χ1) is 8.02. The minimum atomic E-state index is -1.32. The Hall–Kier alpha value is -2.11. The lowest BCUT2D eigenvalue weighted by Crippen LogP contribution is -2.12. The number of carbonyl (C=O) groups is 1. The number of hydrogen-bond acceptors (Lipinski definition) is 4. The molecule has 17 heavy (non-hydrogen) atoms. The van der Waals surface area contributed by atoms with E-state index in [0.29, 0.717) is 24.0 Å². The van der Waals surface area contributed by atoms with Crippen LogP contribution < -0.4 is 0 Å². The van der Waals surface area contributed by atoms with Gasteiger partial charge in [-0.05, 0) is 36.8 Å². The number of rotatable bonds is 2. The lowest BCUT2D eigenvalue weighted by atomic mass is 9.87. The molecule has 0 radical (unpaired) electrons. The van der Waals surface area contributed by atoms with E-state index in [0.717, 1.165) is 12.8 Å². The van der Waals surface area contributed by atoms with Crippen LogP contribution in [0.25, 0.3) is 0 Å². The quantitative estimate of drug-likeness (QED) is 0.604. The number of aromatic hydroxyl groups is 1. The van der Waals surface area contributed by atoms with Crippen LogP contribution in [0.3, 0.4) is 0 Å². The van der Waals surface area contributed by atoms with Gasteiger partial charge in [-0.2, -0.15) is 0 Å². The van der Waals surface area contributed by atoms with E-state index in [9.17, 15) is 20.0 Å². The number of phenols is 1. The third kappa shape index (κ3) is 1.82. The van der Waals surface area contributed by atoms with Crippen LogP contribution in [-0.2, 0) is 12.8 Å². The molecule has 1 aromatic carbocycles. The van der Waals surface area contributed by atoms with Crippen LogP contribution in [0.4, 0.5) is 5.69 Å². The van der Waals surface area contributed by atoms with E-state index >= 15 is 0 Å². The van der Waals surface area contributed by atoms with Crippen molar-refractivity contribution in [3.8, 4) is 5.75 Å². The molecule has 0 fully saturated rings. The van der Waals surface area contributed by atoms with E-state index in [-0.39, 0.29) is 5.56 Å². The van der Waals surface area contributed by atoms with Crippen molar-refractivity contribution >= 4 is 11.7 Å².